The molecule has 1 saturated heterocycles. The molecule has 1 N–H and O–H groups in total. The summed E-state index contributed by atoms with van der Waals surface area (Å²) in [6, 6.07) is 7.09. The van der Waals surface area contributed by atoms with Crippen molar-refractivity contribution in [1.82, 2.24) is 10.2 Å². The van der Waals surface area contributed by atoms with Gasteiger partial charge in [0, 0.05) is 6.54 Å². The van der Waals surface area contributed by atoms with Gasteiger partial charge in [0.2, 0.25) is 0 Å². The third kappa shape index (κ3) is 2.48. The van der Waals surface area contributed by atoms with Crippen LogP contribution in [0.15, 0.2) is 24.3 Å². The number of piperidine rings is 1. The zero-order chi connectivity index (χ0) is 13.9. The molecular weight excluding hydrogens is 252 g/mol. The fraction of sp³-hybridized carbons (Fsp3) is 0.500. The molecule has 2 amide bonds. The van der Waals surface area contributed by atoms with E-state index >= 15 is 0 Å². The van der Waals surface area contributed by atoms with Crippen molar-refractivity contribution in [3.05, 3.63) is 35.4 Å². The Hall–Kier alpha value is -1.68. The maximum absolute atomic E-state index is 12.2. The first-order valence-corrected chi connectivity index (χ1v) is 7.43. The molecule has 0 radical (unpaired) electrons. The van der Waals surface area contributed by atoms with Crippen molar-refractivity contribution < 1.29 is 9.59 Å². The van der Waals surface area contributed by atoms with E-state index in [1.165, 1.54) is 17.7 Å². The minimum Gasteiger partial charge on any atom is -0.316 e. The number of imide groups is 1. The smallest absolute Gasteiger partial charge is 0.261 e. The van der Waals surface area contributed by atoms with Gasteiger partial charge in [0.1, 0.15) is 0 Å². The highest BCUT2D eigenvalue weighted by molar-refractivity contribution is 6.21. The molecule has 20 heavy (non-hydrogen) atoms. The Balaban J connectivity index is 1.56. The molecule has 0 spiro atoms. The second kappa shape index (κ2) is 5.75. The predicted molar refractivity (Wildman–Crippen MR) is 76.6 cm³/mol. The molecule has 1 aromatic rings. The lowest BCUT2D eigenvalue weighted by atomic mass is 9.95. The van der Waals surface area contributed by atoms with Gasteiger partial charge in [-0.05, 0) is 56.8 Å². The number of fused-ring (bicyclic) bond motifs is 1. The van der Waals surface area contributed by atoms with Crippen molar-refractivity contribution in [2.45, 2.75) is 25.7 Å². The lowest BCUT2D eigenvalue weighted by Crippen LogP contribution is -2.33. The number of rotatable bonds is 4. The third-order valence-electron chi connectivity index (χ3n) is 4.27. The van der Waals surface area contributed by atoms with Gasteiger partial charge in [0.25, 0.3) is 11.8 Å². The highest BCUT2D eigenvalue weighted by Gasteiger charge is 2.34. The van der Waals surface area contributed by atoms with E-state index < -0.39 is 0 Å². The standard InChI is InChI=1S/C16H20N2O2/c19-15-13-7-1-2-8-14(13)16(20)18(15)10-4-6-12-5-3-9-17-11-12/h1-2,7-8,12,17H,3-6,9-11H2/t12-/m1/s1. The van der Waals surface area contributed by atoms with Gasteiger partial charge in [-0.15, -0.1) is 0 Å². The number of hydrogen-bond acceptors (Lipinski definition) is 3. The molecular formula is C16H20N2O2. The predicted octanol–water partition coefficient (Wildman–Crippen LogP) is 2.06. The topological polar surface area (TPSA) is 49.4 Å². The molecule has 2 heterocycles. The number of nitrogens with one attached hydrogen (secondary N) is 1. The summed E-state index contributed by atoms with van der Waals surface area (Å²) in [7, 11) is 0. The Morgan fingerprint density at radius 1 is 1.15 bits per heavy atom. The first kappa shape index (κ1) is 13.3. The zero-order valence-electron chi connectivity index (χ0n) is 11.6. The van der Waals surface area contributed by atoms with Crippen LogP contribution in [0.25, 0.3) is 0 Å². The summed E-state index contributed by atoms with van der Waals surface area (Å²) >= 11 is 0. The van der Waals surface area contributed by atoms with E-state index in [9.17, 15) is 9.59 Å². The summed E-state index contributed by atoms with van der Waals surface area (Å²) in [5, 5.41) is 3.40. The zero-order valence-corrected chi connectivity index (χ0v) is 11.6. The number of nitrogens with zero attached hydrogens (tertiary/aromatic N) is 1. The average Bonchev–Trinajstić information content (AvgIpc) is 2.74. The van der Waals surface area contributed by atoms with Gasteiger partial charge < -0.3 is 5.32 Å². The number of carbonyl (C=O) groups excluding carboxylic acids is 2. The van der Waals surface area contributed by atoms with Crippen LogP contribution >= 0.6 is 0 Å². The first-order chi connectivity index (χ1) is 9.77. The first-order valence-electron chi connectivity index (χ1n) is 7.43. The van der Waals surface area contributed by atoms with Gasteiger partial charge in [-0.3, -0.25) is 14.5 Å². The number of benzene rings is 1. The fourth-order valence-corrected chi connectivity index (χ4v) is 3.15. The molecule has 1 aromatic carbocycles. The molecule has 2 aliphatic rings. The van der Waals surface area contributed by atoms with Crippen LogP contribution in [0, 0.1) is 5.92 Å². The van der Waals surface area contributed by atoms with Crippen molar-refractivity contribution in [3.8, 4) is 0 Å². The molecule has 1 fully saturated rings. The van der Waals surface area contributed by atoms with E-state index in [0.29, 0.717) is 23.6 Å². The van der Waals surface area contributed by atoms with E-state index in [-0.39, 0.29) is 11.8 Å². The monoisotopic (exact) mass is 272 g/mol. The van der Waals surface area contributed by atoms with Crippen molar-refractivity contribution >= 4 is 11.8 Å². The number of amides is 2. The van der Waals surface area contributed by atoms with Gasteiger partial charge in [0.05, 0.1) is 11.1 Å². The van der Waals surface area contributed by atoms with Crippen LogP contribution < -0.4 is 5.32 Å². The molecule has 2 aliphatic heterocycles. The van der Waals surface area contributed by atoms with E-state index in [0.717, 1.165) is 25.9 Å². The van der Waals surface area contributed by atoms with Crippen LogP contribution in [-0.4, -0.2) is 36.3 Å². The van der Waals surface area contributed by atoms with Crippen LogP contribution in [0.1, 0.15) is 46.4 Å². The molecule has 106 valence electrons. The molecule has 0 aliphatic carbocycles. The molecule has 4 nitrogen and oxygen atoms in total. The molecule has 0 unspecified atom stereocenters. The minimum absolute atomic E-state index is 0.132. The second-order valence-electron chi connectivity index (χ2n) is 5.66. The third-order valence-corrected chi connectivity index (χ3v) is 4.27. The summed E-state index contributed by atoms with van der Waals surface area (Å²) < 4.78 is 0. The van der Waals surface area contributed by atoms with E-state index in [2.05, 4.69) is 5.32 Å². The van der Waals surface area contributed by atoms with Crippen molar-refractivity contribution in [3.63, 3.8) is 0 Å². The van der Waals surface area contributed by atoms with Crippen LogP contribution in [-0.2, 0) is 0 Å². The van der Waals surface area contributed by atoms with Gasteiger partial charge in [-0.2, -0.15) is 0 Å². The average molecular weight is 272 g/mol. The highest BCUT2D eigenvalue weighted by Crippen LogP contribution is 2.23. The molecule has 1 atom stereocenters. The van der Waals surface area contributed by atoms with Gasteiger partial charge in [-0.25, -0.2) is 0 Å². The van der Waals surface area contributed by atoms with E-state index in [1.54, 1.807) is 24.3 Å². The summed E-state index contributed by atoms with van der Waals surface area (Å²) in [5.41, 5.74) is 1.11. The van der Waals surface area contributed by atoms with Crippen molar-refractivity contribution in [1.29, 1.82) is 0 Å². The molecule has 3 rings (SSSR count). The van der Waals surface area contributed by atoms with E-state index in [1.807, 2.05) is 0 Å². The summed E-state index contributed by atoms with van der Waals surface area (Å²) in [6.45, 7) is 2.74. The molecule has 0 bridgehead atoms. The Labute approximate surface area is 119 Å². The molecule has 0 aromatic heterocycles. The summed E-state index contributed by atoms with van der Waals surface area (Å²) in [5.74, 6) is 0.429. The largest absolute Gasteiger partial charge is 0.316 e. The number of carbonyl (C=O) groups is 2. The van der Waals surface area contributed by atoms with Crippen LogP contribution in [0.5, 0.6) is 0 Å². The summed E-state index contributed by atoms with van der Waals surface area (Å²) in [4.78, 5) is 25.8. The van der Waals surface area contributed by atoms with Crippen LogP contribution in [0.2, 0.25) is 0 Å². The SMILES string of the molecule is O=C1c2ccccc2C(=O)N1CCC[C@H]1CCCNC1. The Morgan fingerprint density at radius 3 is 2.45 bits per heavy atom. The van der Waals surface area contributed by atoms with Gasteiger partial charge in [-0.1, -0.05) is 12.1 Å². The quantitative estimate of drug-likeness (QED) is 0.854. The van der Waals surface area contributed by atoms with Gasteiger partial charge in [0.15, 0.2) is 0 Å². The Morgan fingerprint density at radius 2 is 1.85 bits per heavy atom. The van der Waals surface area contributed by atoms with Crippen LogP contribution in [0.4, 0.5) is 0 Å². The Kier molecular flexibility index (Phi) is 3.83. The number of hydrogen-bond donors (Lipinski definition) is 1. The minimum atomic E-state index is -0.132. The van der Waals surface area contributed by atoms with Crippen molar-refractivity contribution in [2.75, 3.05) is 19.6 Å². The maximum atomic E-state index is 12.2. The maximum Gasteiger partial charge on any atom is 0.261 e. The van der Waals surface area contributed by atoms with Gasteiger partial charge >= 0.3 is 0 Å². The lowest BCUT2D eigenvalue weighted by Gasteiger charge is -2.23. The second-order valence-corrected chi connectivity index (χ2v) is 5.66. The van der Waals surface area contributed by atoms with E-state index in [4.69, 9.17) is 0 Å². The summed E-state index contributed by atoms with van der Waals surface area (Å²) in [6.07, 6.45) is 4.48. The normalized spacial score (nSPS) is 22.2. The lowest BCUT2D eigenvalue weighted by molar-refractivity contribution is 0.0649. The van der Waals surface area contributed by atoms with Crippen LogP contribution in [0.3, 0.4) is 0 Å². The molecule has 0 saturated carbocycles. The Bertz CT molecular complexity index is 486. The highest BCUT2D eigenvalue weighted by atomic mass is 16.2. The van der Waals surface area contributed by atoms with Crippen molar-refractivity contribution in [2.24, 2.45) is 5.92 Å². The fourth-order valence-electron chi connectivity index (χ4n) is 3.15. The molecule has 4 heteroatoms.